The van der Waals surface area contributed by atoms with Crippen molar-refractivity contribution in [2.45, 2.75) is 6.61 Å². The van der Waals surface area contributed by atoms with Crippen molar-refractivity contribution in [3.8, 4) is 17.1 Å². The van der Waals surface area contributed by atoms with Crippen LogP contribution in [-0.2, 0) is 11.2 Å². The van der Waals surface area contributed by atoms with Gasteiger partial charge in [0.1, 0.15) is 12.4 Å². The molecular weight excluding hydrogens is 337 g/mol. The van der Waals surface area contributed by atoms with Gasteiger partial charge in [0.2, 0.25) is 0 Å². The molecule has 1 fully saturated rings. The largest absolute Gasteiger partial charge is 0.492 e. The van der Waals surface area contributed by atoms with Crippen LogP contribution < -0.4 is 4.74 Å². The van der Waals surface area contributed by atoms with E-state index in [0.29, 0.717) is 18.1 Å². The lowest BCUT2D eigenvalue weighted by Gasteiger charge is -2.30. The first-order valence-corrected chi connectivity index (χ1v) is 11.0. The SMILES string of the molecule is CP1(=O)CCN(CCOc2ccc(-c3nccc(CO)n3)cc2)CC1. The minimum atomic E-state index is -1.86. The lowest BCUT2D eigenvalue weighted by Crippen LogP contribution is -2.37. The predicted molar refractivity (Wildman–Crippen MR) is 98.6 cm³/mol. The van der Waals surface area contributed by atoms with Gasteiger partial charge in [-0.15, -0.1) is 0 Å². The van der Waals surface area contributed by atoms with Gasteiger partial charge in [-0.2, -0.15) is 0 Å². The van der Waals surface area contributed by atoms with Crippen LogP contribution in [0.15, 0.2) is 36.5 Å². The first-order valence-electron chi connectivity index (χ1n) is 8.50. The molecule has 0 spiro atoms. The number of hydrogen-bond acceptors (Lipinski definition) is 6. The summed E-state index contributed by atoms with van der Waals surface area (Å²) in [6, 6.07) is 9.33. The minimum Gasteiger partial charge on any atom is -0.492 e. The molecule has 0 aliphatic carbocycles. The number of aliphatic hydroxyl groups excluding tert-OH is 1. The highest BCUT2D eigenvalue weighted by Crippen LogP contribution is 2.42. The summed E-state index contributed by atoms with van der Waals surface area (Å²) in [6.45, 7) is 5.07. The Balaban J connectivity index is 1.50. The second-order valence-electron chi connectivity index (χ2n) is 6.49. The van der Waals surface area contributed by atoms with E-state index in [4.69, 9.17) is 9.84 Å². The molecule has 0 unspecified atom stereocenters. The lowest BCUT2D eigenvalue weighted by atomic mass is 10.2. The Morgan fingerprint density at radius 1 is 1.20 bits per heavy atom. The molecule has 1 aliphatic rings. The van der Waals surface area contributed by atoms with Gasteiger partial charge in [0, 0.05) is 43.7 Å². The zero-order chi connectivity index (χ0) is 17.7. The molecule has 0 bridgehead atoms. The molecule has 6 nitrogen and oxygen atoms in total. The van der Waals surface area contributed by atoms with Crippen molar-refractivity contribution in [1.82, 2.24) is 14.9 Å². The van der Waals surface area contributed by atoms with Crippen molar-refractivity contribution >= 4 is 7.14 Å². The summed E-state index contributed by atoms with van der Waals surface area (Å²) in [5, 5.41) is 9.16. The molecule has 1 aromatic heterocycles. The van der Waals surface area contributed by atoms with E-state index in [1.54, 1.807) is 12.3 Å². The Hall–Kier alpha value is -1.75. The van der Waals surface area contributed by atoms with Crippen molar-refractivity contribution < 1.29 is 14.4 Å². The molecule has 1 N–H and O–H groups in total. The van der Waals surface area contributed by atoms with E-state index in [9.17, 15) is 4.57 Å². The highest BCUT2D eigenvalue weighted by atomic mass is 31.2. The normalized spacial score (nSPS) is 17.4. The fraction of sp³-hybridized carbons (Fsp3) is 0.444. The first-order chi connectivity index (χ1) is 12.1. The van der Waals surface area contributed by atoms with E-state index in [1.807, 2.05) is 30.9 Å². The van der Waals surface area contributed by atoms with Gasteiger partial charge in [-0.1, -0.05) is 0 Å². The number of ether oxygens (including phenoxy) is 1. The highest BCUT2D eigenvalue weighted by Gasteiger charge is 2.23. The van der Waals surface area contributed by atoms with Crippen LogP contribution in [0.3, 0.4) is 0 Å². The molecule has 0 radical (unpaired) electrons. The topological polar surface area (TPSA) is 75.6 Å². The molecule has 2 heterocycles. The second-order valence-corrected chi connectivity index (χ2v) is 9.98. The molecule has 1 aliphatic heterocycles. The van der Waals surface area contributed by atoms with Gasteiger partial charge >= 0.3 is 0 Å². The summed E-state index contributed by atoms with van der Waals surface area (Å²) in [4.78, 5) is 10.8. The predicted octanol–water partition coefficient (Wildman–Crippen LogP) is 2.32. The second kappa shape index (κ2) is 8.09. The van der Waals surface area contributed by atoms with Gasteiger partial charge < -0.3 is 14.4 Å². The monoisotopic (exact) mass is 361 g/mol. The number of aliphatic hydroxyl groups is 1. The maximum absolute atomic E-state index is 12.0. The van der Waals surface area contributed by atoms with E-state index in [0.717, 1.165) is 43.3 Å². The smallest absolute Gasteiger partial charge is 0.159 e. The average molecular weight is 361 g/mol. The quantitative estimate of drug-likeness (QED) is 0.796. The van der Waals surface area contributed by atoms with Crippen molar-refractivity contribution in [3.63, 3.8) is 0 Å². The molecule has 1 saturated heterocycles. The molecule has 25 heavy (non-hydrogen) atoms. The third-order valence-electron chi connectivity index (χ3n) is 4.44. The van der Waals surface area contributed by atoms with E-state index in [-0.39, 0.29) is 6.61 Å². The Bertz CT molecular complexity index is 739. The zero-order valence-corrected chi connectivity index (χ0v) is 15.4. The Morgan fingerprint density at radius 2 is 1.92 bits per heavy atom. The Kier molecular flexibility index (Phi) is 5.84. The van der Waals surface area contributed by atoms with E-state index in [2.05, 4.69) is 14.9 Å². The molecule has 0 atom stereocenters. The van der Waals surface area contributed by atoms with Crippen molar-refractivity contribution in [1.29, 1.82) is 0 Å². The Morgan fingerprint density at radius 3 is 2.60 bits per heavy atom. The summed E-state index contributed by atoms with van der Waals surface area (Å²) >= 11 is 0. The molecule has 0 saturated carbocycles. The van der Waals surface area contributed by atoms with Crippen LogP contribution in [0.4, 0.5) is 0 Å². The summed E-state index contributed by atoms with van der Waals surface area (Å²) in [5.74, 6) is 1.40. The molecule has 1 aromatic carbocycles. The maximum atomic E-state index is 12.0. The van der Waals surface area contributed by atoms with Gasteiger partial charge in [-0.25, -0.2) is 9.97 Å². The third kappa shape index (κ3) is 5.11. The molecular formula is C18H24N3O3P. The summed E-state index contributed by atoms with van der Waals surface area (Å²) < 4.78 is 17.8. The van der Waals surface area contributed by atoms with Crippen LogP contribution >= 0.6 is 7.14 Å². The van der Waals surface area contributed by atoms with Gasteiger partial charge in [-0.3, -0.25) is 4.90 Å². The standard InChI is InChI=1S/C18H24N3O3P/c1-25(23)12-9-21(10-13-25)8-11-24-17-4-2-15(3-5-17)18-19-7-6-16(14-22)20-18/h2-7,22H,8-14H2,1H3. The maximum Gasteiger partial charge on any atom is 0.159 e. The number of benzene rings is 1. The number of nitrogens with zero attached hydrogens (tertiary/aromatic N) is 3. The van der Waals surface area contributed by atoms with Crippen molar-refractivity contribution in [2.24, 2.45) is 0 Å². The summed E-state index contributed by atoms with van der Waals surface area (Å²) in [5.41, 5.74) is 1.49. The Labute approximate surface area is 148 Å². The zero-order valence-electron chi connectivity index (χ0n) is 14.5. The minimum absolute atomic E-state index is 0.0965. The number of hydrogen-bond donors (Lipinski definition) is 1. The van der Waals surface area contributed by atoms with Crippen LogP contribution in [0, 0.1) is 0 Å². The van der Waals surface area contributed by atoms with E-state index < -0.39 is 7.14 Å². The van der Waals surface area contributed by atoms with Crippen LogP contribution in [0.25, 0.3) is 11.4 Å². The number of rotatable bonds is 6. The van der Waals surface area contributed by atoms with E-state index in [1.165, 1.54) is 0 Å². The van der Waals surface area contributed by atoms with Gasteiger partial charge in [0.15, 0.2) is 5.82 Å². The molecule has 134 valence electrons. The van der Waals surface area contributed by atoms with Crippen LogP contribution in [0.1, 0.15) is 5.69 Å². The summed E-state index contributed by atoms with van der Waals surface area (Å²) in [7, 11) is -1.86. The van der Waals surface area contributed by atoms with Gasteiger partial charge in [0.05, 0.1) is 19.4 Å². The molecule has 7 heteroatoms. The van der Waals surface area contributed by atoms with Crippen molar-refractivity contribution in [2.75, 3.05) is 45.2 Å². The fourth-order valence-electron chi connectivity index (χ4n) is 2.77. The fourth-order valence-corrected chi connectivity index (χ4v) is 4.40. The molecule has 0 amide bonds. The van der Waals surface area contributed by atoms with Gasteiger partial charge in [-0.05, 0) is 37.0 Å². The average Bonchev–Trinajstić information content (AvgIpc) is 2.64. The van der Waals surface area contributed by atoms with Crippen LogP contribution in [-0.4, -0.2) is 65.2 Å². The van der Waals surface area contributed by atoms with Crippen molar-refractivity contribution in [3.05, 3.63) is 42.2 Å². The first kappa shape index (κ1) is 18.1. The van der Waals surface area contributed by atoms with Crippen LogP contribution in [0.5, 0.6) is 5.75 Å². The number of aromatic nitrogens is 2. The highest BCUT2D eigenvalue weighted by molar-refractivity contribution is 7.63. The van der Waals surface area contributed by atoms with E-state index >= 15 is 0 Å². The summed E-state index contributed by atoms with van der Waals surface area (Å²) in [6.07, 6.45) is 3.27. The van der Waals surface area contributed by atoms with Gasteiger partial charge in [0.25, 0.3) is 0 Å². The lowest BCUT2D eigenvalue weighted by molar-refractivity contribution is 0.219. The molecule has 2 aromatic rings. The third-order valence-corrected chi connectivity index (χ3v) is 6.73. The molecule has 3 rings (SSSR count). The van der Waals surface area contributed by atoms with Crippen LogP contribution in [0.2, 0.25) is 0 Å².